The molecule has 5 heteroatoms. The summed E-state index contributed by atoms with van der Waals surface area (Å²) in [6.07, 6.45) is 0. The molecule has 1 amide bonds. The highest BCUT2D eigenvalue weighted by Gasteiger charge is 2.11. The van der Waals surface area contributed by atoms with Crippen LogP contribution in [0.2, 0.25) is 0 Å². The molecule has 0 fully saturated rings. The Balaban J connectivity index is 1.54. The number of aryl methyl sites for hydroxylation is 3. The van der Waals surface area contributed by atoms with Gasteiger partial charge in [-0.25, -0.2) is 0 Å². The number of para-hydroxylation sites is 1. The van der Waals surface area contributed by atoms with Gasteiger partial charge in [-0.05, 0) is 63.1 Å². The van der Waals surface area contributed by atoms with Crippen molar-refractivity contribution in [1.82, 2.24) is 15.1 Å². The Hall–Kier alpha value is -3.08. The van der Waals surface area contributed by atoms with Crippen LogP contribution < -0.4 is 10.1 Å². The second kappa shape index (κ2) is 8.74. The molecule has 2 aromatic carbocycles. The number of amides is 1. The molecule has 0 aliphatic heterocycles. The van der Waals surface area contributed by atoms with E-state index in [1.165, 1.54) is 0 Å². The van der Waals surface area contributed by atoms with Gasteiger partial charge < -0.3 is 10.1 Å². The van der Waals surface area contributed by atoms with Crippen molar-refractivity contribution in [3.05, 3.63) is 82.7 Å². The highest BCUT2D eigenvalue weighted by molar-refractivity contribution is 5.94. The maximum atomic E-state index is 12.5. The van der Waals surface area contributed by atoms with Gasteiger partial charge >= 0.3 is 0 Å². The Labute approximate surface area is 166 Å². The molecule has 3 rings (SSSR count). The van der Waals surface area contributed by atoms with Crippen molar-refractivity contribution in [2.24, 2.45) is 0 Å². The van der Waals surface area contributed by atoms with Crippen molar-refractivity contribution in [3.8, 4) is 5.75 Å². The Kier molecular flexibility index (Phi) is 6.14. The predicted octanol–water partition coefficient (Wildman–Crippen LogP) is 4.05. The topological polar surface area (TPSA) is 56.2 Å². The van der Waals surface area contributed by atoms with E-state index in [2.05, 4.69) is 16.5 Å². The second-order valence-electron chi connectivity index (χ2n) is 7.23. The van der Waals surface area contributed by atoms with Gasteiger partial charge in [-0.15, -0.1) is 0 Å². The number of ether oxygens (including phenoxy) is 1. The van der Waals surface area contributed by atoms with E-state index in [0.717, 1.165) is 28.3 Å². The predicted molar refractivity (Wildman–Crippen MR) is 111 cm³/mol. The first-order chi connectivity index (χ1) is 13.4. The van der Waals surface area contributed by atoms with Gasteiger partial charge in [-0.3, -0.25) is 9.48 Å². The van der Waals surface area contributed by atoms with Crippen LogP contribution in [0.15, 0.2) is 54.6 Å². The molecule has 0 radical (unpaired) electrons. The van der Waals surface area contributed by atoms with Crippen LogP contribution in [0.4, 0.5) is 0 Å². The molecule has 3 aromatic rings. The first-order valence-electron chi connectivity index (χ1n) is 9.51. The number of aromatic nitrogens is 2. The molecule has 0 unspecified atom stereocenters. The first-order valence-corrected chi connectivity index (χ1v) is 9.51. The van der Waals surface area contributed by atoms with Crippen LogP contribution in [-0.2, 0) is 6.54 Å². The van der Waals surface area contributed by atoms with Crippen molar-refractivity contribution >= 4 is 5.91 Å². The van der Waals surface area contributed by atoms with Crippen LogP contribution in [0, 0.1) is 20.8 Å². The third kappa shape index (κ3) is 5.00. The molecule has 1 aromatic heterocycles. The minimum absolute atomic E-state index is 0.0959. The average Bonchev–Trinajstić information content (AvgIpc) is 2.98. The van der Waals surface area contributed by atoms with E-state index < -0.39 is 0 Å². The number of carbonyl (C=O) groups excluding carboxylic acids is 1. The average molecular weight is 377 g/mol. The molecular weight excluding hydrogens is 350 g/mol. The summed E-state index contributed by atoms with van der Waals surface area (Å²) in [5.41, 5.74) is 4.97. The number of hydrogen-bond acceptors (Lipinski definition) is 3. The van der Waals surface area contributed by atoms with Gasteiger partial charge in [0.1, 0.15) is 12.4 Å². The fraction of sp³-hybridized carbons (Fsp3) is 0.304. The lowest BCUT2D eigenvalue weighted by molar-refractivity contribution is 0.0926. The van der Waals surface area contributed by atoms with Crippen molar-refractivity contribution < 1.29 is 9.53 Å². The van der Waals surface area contributed by atoms with Gasteiger partial charge in [0.2, 0.25) is 0 Å². The number of rotatable bonds is 7. The zero-order valence-electron chi connectivity index (χ0n) is 16.9. The van der Waals surface area contributed by atoms with Gasteiger partial charge in [-0.1, -0.05) is 30.3 Å². The van der Waals surface area contributed by atoms with E-state index in [1.807, 2.05) is 80.9 Å². The van der Waals surface area contributed by atoms with Gasteiger partial charge in [0, 0.05) is 11.3 Å². The molecular formula is C23H27N3O2. The highest BCUT2D eigenvalue weighted by atomic mass is 16.5. The van der Waals surface area contributed by atoms with Crippen LogP contribution in [0.3, 0.4) is 0 Å². The fourth-order valence-corrected chi connectivity index (χ4v) is 3.05. The molecule has 0 bridgehead atoms. The Morgan fingerprint density at radius 1 is 1.11 bits per heavy atom. The molecule has 1 atom stereocenters. The minimum Gasteiger partial charge on any atom is -0.491 e. The zero-order valence-corrected chi connectivity index (χ0v) is 16.9. The number of carbonyl (C=O) groups is 1. The Morgan fingerprint density at radius 2 is 1.82 bits per heavy atom. The number of nitrogens with zero attached hydrogens (tertiary/aromatic N) is 2. The molecule has 0 spiro atoms. The number of benzene rings is 2. The lowest BCUT2D eigenvalue weighted by Crippen LogP contribution is -2.36. The fourth-order valence-electron chi connectivity index (χ4n) is 3.05. The quantitative estimate of drug-likeness (QED) is 0.676. The third-order valence-corrected chi connectivity index (χ3v) is 4.61. The van der Waals surface area contributed by atoms with E-state index >= 15 is 0 Å². The summed E-state index contributed by atoms with van der Waals surface area (Å²) in [7, 11) is 0. The summed E-state index contributed by atoms with van der Waals surface area (Å²) in [5, 5.41) is 7.46. The van der Waals surface area contributed by atoms with Crippen molar-refractivity contribution in [2.75, 3.05) is 6.61 Å². The van der Waals surface area contributed by atoms with Crippen LogP contribution >= 0.6 is 0 Å². The van der Waals surface area contributed by atoms with Crippen LogP contribution in [-0.4, -0.2) is 28.3 Å². The second-order valence-corrected chi connectivity index (χ2v) is 7.23. The summed E-state index contributed by atoms with van der Waals surface area (Å²) in [6, 6.07) is 17.5. The van der Waals surface area contributed by atoms with E-state index in [9.17, 15) is 4.79 Å². The van der Waals surface area contributed by atoms with Crippen LogP contribution in [0.25, 0.3) is 0 Å². The monoisotopic (exact) mass is 377 g/mol. The molecule has 0 saturated heterocycles. The lowest BCUT2D eigenvalue weighted by Gasteiger charge is -2.16. The van der Waals surface area contributed by atoms with Crippen molar-refractivity contribution in [2.45, 2.75) is 40.3 Å². The molecule has 146 valence electrons. The van der Waals surface area contributed by atoms with Gasteiger partial charge in [0.15, 0.2) is 0 Å². The van der Waals surface area contributed by atoms with Crippen molar-refractivity contribution in [3.63, 3.8) is 0 Å². The largest absolute Gasteiger partial charge is 0.491 e. The number of hydrogen-bond donors (Lipinski definition) is 1. The maximum Gasteiger partial charge on any atom is 0.251 e. The molecule has 1 heterocycles. The summed E-state index contributed by atoms with van der Waals surface area (Å²) in [5.74, 6) is 0.746. The van der Waals surface area contributed by atoms with Gasteiger partial charge in [0.05, 0.1) is 18.3 Å². The molecule has 28 heavy (non-hydrogen) atoms. The SMILES string of the molecule is Cc1cc(C)n(Cc2ccc(C(=O)N[C@@H](C)COc3ccccc3C)cc2)n1. The summed E-state index contributed by atoms with van der Waals surface area (Å²) in [4.78, 5) is 12.5. The highest BCUT2D eigenvalue weighted by Crippen LogP contribution is 2.16. The molecule has 0 aliphatic rings. The zero-order chi connectivity index (χ0) is 20.1. The normalized spacial score (nSPS) is 11.9. The molecule has 1 N–H and O–H groups in total. The summed E-state index contributed by atoms with van der Waals surface area (Å²) < 4.78 is 7.78. The lowest BCUT2D eigenvalue weighted by atomic mass is 10.1. The summed E-state index contributed by atoms with van der Waals surface area (Å²) in [6.45, 7) is 9.09. The van der Waals surface area contributed by atoms with Crippen LogP contribution in [0.1, 0.15) is 39.8 Å². The number of nitrogens with one attached hydrogen (secondary N) is 1. The van der Waals surface area contributed by atoms with E-state index in [-0.39, 0.29) is 11.9 Å². The Morgan fingerprint density at radius 3 is 2.46 bits per heavy atom. The third-order valence-electron chi connectivity index (χ3n) is 4.61. The summed E-state index contributed by atoms with van der Waals surface area (Å²) >= 11 is 0. The smallest absolute Gasteiger partial charge is 0.251 e. The molecule has 0 aliphatic carbocycles. The standard InChI is InChI=1S/C23H27N3O2/c1-16-7-5-6-8-22(16)28-15-18(3)24-23(27)21-11-9-20(10-12-21)14-26-19(4)13-17(2)25-26/h5-13,18H,14-15H2,1-4H3,(H,24,27)/t18-/m0/s1. The molecule has 0 saturated carbocycles. The van der Waals surface area contributed by atoms with E-state index in [0.29, 0.717) is 18.7 Å². The minimum atomic E-state index is -0.0986. The van der Waals surface area contributed by atoms with Crippen molar-refractivity contribution in [1.29, 1.82) is 0 Å². The van der Waals surface area contributed by atoms with Gasteiger partial charge in [-0.2, -0.15) is 5.10 Å². The maximum absolute atomic E-state index is 12.5. The first kappa shape index (κ1) is 19.7. The van der Waals surface area contributed by atoms with E-state index in [4.69, 9.17) is 4.74 Å². The Bertz CT molecular complexity index is 945. The van der Waals surface area contributed by atoms with E-state index in [1.54, 1.807) is 0 Å². The molecule has 5 nitrogen and oxygen atoms in total. The van der Waals surface area contributed by atoms with Crippen LogP contribution in [0.5, 0.6) is 5.75 Å². The van der Waals surface area contributed by atoms with Gasteiger partial charge in [0.25, 0.3) is 5.91 Å².